The summed E-state index contributed by atoms with van der Waals surface area (Å²) in [6, 6.07) is 20.0. The third kappa shape index (κ3) is 2.35. The summed E-state index contributed by atoms with van der Waals surface area (Å²) < 4.78 is 6.24. The third-order valence-electron chi connectivity index (χ3n) is 4.78. The van der Waals surface area contributed by atoms with Gasteiger partial charge in [-0.05, 0) is 31.5 Å². The maximum absolute atomic E-state index is 13.0. The summed E-state index contributed by atoms with van der Waals surface area (Å²) in [6.07, 6.45) is 0. The number of benzene rings is 3. The van der Waals surface area contributed by atoms with Crippen LogP contribution in [0.3, 0.4) is 0 Å². The van der Waals surface area contributed by atoms with E-state index in [9.17, 15) is 10.1 Å². The lowest BCUT2D eigenvalue weighted by molar-refractivity contribution is -0.373. The van der Waals surface area contributed by atoms with Crippen molar-refractivity contribution in [2.45, 2.75) is 19.6 Å². The number of ketones is 1. The number of ether oxygens (including phenoxy) is 1. The van der Waals surface area contributed by atoms with E-state index in [0.717, 1.165) is 11.1 Å². The van der Waals surface area contributed by atoms with Gasteiger partial charge in [-0.3, -0.25) is 4.79 Å². The number of hydrogen-bond donors (Lipinski definition) is 1. The van der Waals surface area contributed by atoms with E-state index < -0.39 is 5.79 Å². The first kappa shape index (κ1) is 16.5. The molecule has 0 radical (unpaired) electrons. The van der Waals surface area contributed by atoms with Crippen LogP contribution in [0, 0.1) is 13.8 Å². The molecule has 0 fully saturated rings. The van der Waals surface area contributed by atoms with Crippen molar-refractivity contribution in [1.29, 1.82) is 0 Å². The lowest BCUT2D eigenvalue weighted by Crippen LogP contribution is -2.42. The van der Waals surface area contributed by atoms with Gasteiger partial charge in [0.2, 0.25) is 0 Å². The first-order valence-electron chi connectivity index (χ1n) is 8.39. The fourth-order valence-electron chi connectivity index (χ4n) is 3.44. The normalized spacial score (nSPS) is 18.2. The van der Waals surface area contributed by atoms with Crippen LogP contribution in [-0.4, -0.2) is 11.0 Å². The third-order valence-corrected chi connectivity index (χ3v) is 4.78. The van der Waals surface area contributed by atoms with Crippen molar-refractivity contribution in [2.75, 3.05) is 0 Å². The number of hydrogen-bond acceptors (Lipinski definition) is 4. The summed E-state index contributed by atoms with van der Waals surface area (Å²) in [5, 5.41) is 10.0. The minimum atomic E-state index is -1.61. The van der Waals surface area contributed by atoms with E-state index >= 15 is 0 Å². The highest BCUT2D eigenvalue weighted by Gasteiger charge is 2.48. The Kier molecular flexibility index (Phi) is 3.87. The summed E-state index contributed by atoms with van der Waals surface area (Å²) in [4.78, 5) is 18.0. The molecule has 0 saturated carbocycles. The van der Waals surface area contributed by atoms with Crippen LogP contribution < -0.4 is 4.74 Å². The first-order chi connectivity index (χ1) is 12.6. The van der Waals surface area contributed by atoms with Crippen molar-refractivity contribution in [2.24, 2.45) is 0 Å². The molecule has 3 aromatic carbocycles. The maximum atomic E-state index is 13.0. The number of carbonyl (C=O) groups is 1. The highest BCUT2D eigenvalue weighted by Crippen LogP contribution is 2.44. The first-order valence-corrected chi connectivity index (χ1v) is 8.39. The van der Waals surface area contributed by atoms with Crippen molar-refractivity contribution < 1.29 is 19.7 Å². The van der Waals surface area contributed by atoms with Gasteiger partial charge in [0.05, 0.1) is 0 Å². The Morgan fingerprint density at radius 2 is 1.54 bits per heavy atom. The Morgan fingerprint density at radius 1 is 0.846 bits per heavy atom. The molecule has 0 heterocycles. The molecule has 1 atom stereocenters. The number of fused-ring (bicyclic) bond motifs is 2. The molecule has 4 rings (SSSR count). The lowest BCUT2D eigenvalue weighted by atomic mass is 9.80. The molecule has 0 bridgehead atoms. The molecule has 0 amide bonds. The Hall–Kier alpha value is -2.95. The zero-order valence-electron chi connectivity index (χ0n) is 14.5. The molecule has 1 N–H and O–H groups in total. The van der Waals surface area contributed by atoms with E-state index in [4.69, 9.17) is 9.62 Å². The van der Waals surface area contributed by atoms with E-state index in [-0.39, 0.29) is 5.78 Å². The molecule has 0 aliphatic heterocycles. The summed E-state index contributed by atoms with van der Waals surface area (Å²) >= 11 is 0. The smallest absolute Gasteiger partial charge is 0.294 e. The van der Waals surface area contributed by atoms with E-state index in [1.165, 1.54) is 0 Å². The fourth-order valence-corrected chi connectivity index (χ4v) is 3.44. The van der Waals surface area contributed by atoms with Crippen LogP contribution in [0.1, 0.15) is 38.2 Å². The summed E-state index contributed by atoms with van der Waals surface area (Å²) in [5.74, 6) is -1.16. The number of para-hydroxylation sites is 1. The van der Waals surface area contributed by atoms with Gasteiger partial charge in [0.15, 0.2) is 5.78 Å². The number of rotatable bonds is 3. The van der Waals surface area contributed by atoms with Crippen LogP contribution in [0.2, 0.25) is 0 Å². The molecule has 1 aliphatic rings. The van der Waals surface area contributed by atoms with E-state index in [0.29, 0.717) is 28.0 Å². The Labute approximate surface area is 151 Å². The largest absolute Gasteiger partial charge is 0.451 e. The van der Waals surface area contributed by atoms with Crippen LogP contribution in [0.4, 0.5) is 0 Å². The second-order valence-corrected chi connectivity index (χ2v) is 6.50. The molecule has 1 unspecified atom stereocenters. The summed E-state index contributed by atoms with van der Waals surface area (Å²) in [7, 11) is 0. The van der Waals surface area contributed by atoms with Crippen LogP contribution in [0.15, 0.2) is 66.7 Å². The molecule has 0 spiro atoms. The van der Waals surface area contributed by atoms with Gasteiger partial charge in [0, 0.05) is 22.3 Å². The monoisotopic (exact) mass is 346 g/mol. The van der Waals surface area contributed by atoms with Crippen LogP contribution in [-0.2, 0) is 10.7 Å². The molecule has 1 aliphatic carbocycles. The number of carbonyl (C=O) groups excluding carboxylic acids is 1. The zero-order chi connectivity index (χ0) is 18.3. The van der Waals surface area contributed by atoms with Gasteiger partial charge >= 0.3 is 0 Å². The molecule has 26 heavy (non-hydrogen) atoms. The van der Waals surface area contributed by atoms with Gasteiger partial charge < -0.3 is 4.74 Å². The molecule has 0 aromatic heterocycles. The average molecular weight is 346 g/mol. The van der Waals surface area contributed by atoms with Crippen molar-refractivity contribution in [1.82, 2.24) is 0 Å². The van der Waals surface area contributed by atoms with Crippen molar-refractivity contribution in [3.05, 3.63) is 100 Å². The van der Waals surface area contributed by atoms with E-state index in [1.807, 2.05) is 44.2 Å². The highest BCUT2D eigenvalue weighted by atomic mass is 17.1. The standard InChI is InChI=1S/C22H18O4/c1-14-11-12-19-17(13-14)21(23)16-8-4-5-9-18(16)22(19,26-24)25-20-10-6-3-7-15(20)2/h3-13,24H,1-2H3. The van der Waals surface area contributed by atoms with Crippen molar-refractivity contribution in [3.63, 3.8) is 0 Å². The minimum absolute atomic E-state index is 0.111. The SMILES string of the molecule is Cc1ccc2c(c1)C(=O)c1ccccc1C2(OO)Oc1ccccc1C. The second kappa shape index (κ2) is 6.09. The topological polar surface area (TPSA) is 55.8 Å². The van der Waals surface area contributed by atoms with Gasteiger partial charge in [-0.1, -0.05) is 60.2 Å². The number of aryl methyl sites for hydroxylation is 2. The molecule has 130 valence electrons. The van der Waals surface area contributed by atoms with Gasteiger partial charge in [0.25, 0.3) is 5.79 Å². The maximum Gasteiger partial charge on any atom is 0.294 e. The van der Waals surface area contributed by atoms with Gasteiger partial charge in [-0.15, -0.1) is 0 Å². The second-order valence-electron chi connectivity index (χ2n) is 6.50. The molecule has 4 heteroatoms. The van der Waals surface area contributed by atoms with E-state index in [2.05, 4.69) is 0 Å². The molecular formula is C22H18O4. The average Bonchev–Trinajstić information content (AvgIpc) is 2.67. The molecule has 3 aromatic rings. The van der Waals surface area contributed by atoms with Crippen LogP contribution in [0.5, 0.6) is 5.75 Å². The van der Waals surface area contributed by atoms with E-state index in [1.54, 1.807) is 36.4 Å². The molecule has 0 saturated heterocycles. The highest BCUT2D eigenvalue weighted by molar-refractivity contribution is 6.13. The lowest BCUT2D eigenvalue weighted by Gasteiger charge is -2.37. The fraction of sp³-hybridized carbons (Fsp3) is 0.136. The van der Waals surface area contributed by atoms with Crippen molar-refractivity contribution in [3.8, 4) is 5.75 Å². The Bertz CT molecular complexity index is 1010. The Balaban J connectivity index is 2.01. The van der Waals surface area contributed by atoms with Crippen LogP contribution in [0.25, 0.3) is 0 Å². The Morgan fingerprint density at radius 3 is 2.31 bits per heavy atom. The molecular weight excluding hydrogens is 328 g/mol. The van der Waals surface area contributed by atoms with Gasteiger partial charge in [0.1, 0.15) is 5.75 Å². The van der Waals surface area contributed by atoms with Crippen LogP contribution >= 0.6 is 0 Å². The van der Waals surface area contributed by atoms with Gasteiger partial charge in [-0.25, -0.2) is 5.26 Å². The molecule has 4 nitrogen and oxygen atoms in total. The predicted octanol–water partition coefficient (Wildman–Crippen LogP) is 4.62. The predicted molar refractivity (Wildman–Crippen MR) is 97.4 cm³/mol. The quantitative estimate of drug-likeness (QED) is 0.427. The van der Waals surface area contributed by atoms with Crippen molar-refractivity contribution >= 4 is 5.78 Å². The zero-order valence-corrected chi connectivity index (χ0v) is 14.5. The minimum Gasteiger partial charge on any atom is -0.451 e. The van der Waals surface area contributed by atoms with Gasteiger partial charge in [-0.2, -0.15) is 4.89 Å². The summed E-state index contributed by atoms with van der Waals surface area (Å²) in [5.41, 5.74) is 3.72. The summed E-state index contributed by atoms with van der Waals surface area (Å²) in [6.45, 7) is 3.83.